The van der Waals surface area contributed by atoms with Crippen molar-refractivity contribution in [3.8, 4) is 0 Å². The van der Waals surface area contributed by atoms with Crippen LogP contribution in [0.15, 0.2) is 30.5 Å². The molecule has 2 aromatic rings. The predicted molar refractivity (Wildman–Crippen MR) is 94.3 cm³/mol. The van der Waals surface area contributed by atoms with Gasteiger partial charge >= 0.3 is 0 Å². The first-order valence-corrected chi connectivity index (χ1v) is 8.53. The highest BCUT2D eigenvalue weighted by Crippen LogP contribution is 2.22. The molecule has 1 aromatic heterocycles. The van der Waals surface area contributed by atoms with Crippen LogP contribution in [-0.2, 0) is 4.79 Å². The number of carbonyl (C=O) groups excluding carboxylic acids is 2. The molecular weight excluding hydrogens is 304 g/mol. The Kier molecular flexibility index (Phi) is 4.85. The third-order valence-corrected chi connectivity index (χ3v) is 4.54. The number of nitrogens with zero attached hydrogens (tertiary/aromatic N) is 1. The van der Waals surface area contributed by atoms with Crippen LogP contribution in [0.5, 0.6) is 0 Å². The summed E-state index contributed by atoms with van der Waals surface area (Å²) in [4.78, 5) is 24.6. The largest absolute Gasteiger partial charge is 0.349 e. The topological polar surface area (TPSA) is 89.2 Å². The second-order valence-electron chi connectivity index (χ2n) is 6.50. The number of benzene rings is 1. The van der Waals surface area contributed by atoms with E-state index >= 15 is 0 Å². The van der Waals surface area contributed by atoms with Crippen molar-refractivity contribution in [2.75, 3.05) is 5.43 Å². The van der Waals surface area contributed by atoms with E-state index in [-0.39, 0.29) is 17.9 Å². The molecule has 24 heavy (non-hydrogen) atoms. The third-order valence-electron chi connectivity index (χ3n) is 4.54. The highest BCUT2D eigenvalue weighted by Gasteiger charge is 2.20. The van der Waals surface area contributed by atoms with Crippen LogP contribution in [0.3, 0.4) is 0 Å². The normalized spacial score (nSPS) is 16.8. The minimum Gasteiger partial charge on any atom is -0.349 e. The van der Waals surface area contributed by atoms with Crippen LogP contribution in [0.25, 0.3) is 10.9 Å². The van der Waals surface area contributed by atoms with Crippen molar-refractivity contribution in [1.29, 1.82) is 0 Å². The summed E-state index contributed by atoms with van der Waals surface area (Å²) in [6, 6.07) is 7.14. The molecule has 0 spiro atoms. The molecule has 0 saturated heterocycles. The Bertz CT molecular complexity index is 745. The lowest BCUT2D eigenvalue weighted by molar-refractivity contribution is -0.117. The number of aromatic nitrogens is 1. The Morgan fingerprint density at radius 1 is 1.21 bits per heavy atom. The van der Waals surface area contributed by atoms with Crippen molar-refractivity contribution in [1.82, 2.24) is 9.99 Å². The van der Waals surface area contributed by atoms with Gasteiger partial charge in [-0.15, -0.1) is 0 Å². The molecule has 1 unspecified atom stereocenters. The van der Waals surface area contributed by atoms with Gasteiger partial charge in [-0.05, 0) is 25.8 Å². The summed E-state index contributed by atoms with van der Waals surface area (Å²) in [5.74, 6) is -0.387. The first-order valence-electron chi connectivity index (χ1n) is 8.53. The minimum absolute atomic E-state index is 0.0908. The van der Waals surface area contributed by atoms with Crippen LogP contribution in [0.1, 0.15) is 49.4 Å². The van der Waals surface area contributed by atoms with Crippen molar-refractivity contribution >= 4 is 22.7 Å². The second-order valence-corrected chi connectivity index (χ2v) is 6.50. The maximum absolute atomic E-state index is 12.7. The molecule has 1 aromatic carbocycles. The van der Waals surface area contributed by atoms with Crippen molar-refractivity contribution in [3.05, 3.63) is 36.0 Å². The van der Waals surface area contributed by atoms with Gasteiger partial charge in [-0.3, -0.25) is 19.7 Å². The van der Waals surface area contributed by atoms with Crippen molar-refractivity contribution in [2.24, 2.45) is 5.73 Å². The molecular formula is C18H24N4O2. The molecule has 1 atom stereocenters. The number of hydrogen-bond acceptors (Lipinski definition) is 3. The Morgan fingerprint density at radius 2 is 1.92 bits per heavy atom. The Balaban J connectivity index is 1.87. The molecule has 0 radical (unpaired) electrons. The van der Waals surface area contributed by atoms with E-state index in [1.165, 1.54) is 6.42 Å². The van der Waals surface area contributed by atoms with E-state index in [4.69, 9.17) is 5.73 Å². The van der Waals surface area contributed by atoms with Crippen LogP contribution in [0.2, 0.25) is 0 Å². The molecule has 1 fully saturated rings. The van der Waals surface area contributed by atoms with Crippen LogP contribution < -0.4 is 16.5 Å². The van der Waals surface area contributed by atoms with E-state index in [0.29, 0.717) is 5.56 Å². The maximum atomic E-state index is 12.7. The zero-order valence-corrected chi connectivity index (χ0v) is 13.9. The number of nitrogens with one attached hydrogen (secondary N) is 2. The highest BCUT2D eigenvalue weighted by molar-refractivity contribution is 6.07. The van der Waals surface area contributed by atoms with Gasteiger partial charge in [0.15, 0.2) is 0 Å². The Morgan fingerprint density at radius 3 is 2.62 bits per heavy atom. The van der Waals surface area contributed by atoms with E-state index in [1.54, 1.807) is 17.8 Å². The number of carbonyl (C=O) groups is 2. The van der Waals surface area contributed by atoms with Gasteiger partial charge in [0, 0.05) is 17.6 Å². The summed E-state index contributed by atoms with van der Waals surface area (Å²) >= 11 is 0. The maximum Gasteiger partial charge on any atom is 0.255 e. The number of para-hydroxylation sites is 1. The Hall–Kier alpha value is -2.34. The van der Waals surface area contributed by atoms with E-state index in [2.05, 4.69) is 10.7 Å². The third kappa shape index (κ3) is 3.43. The van der Waals surface area contributed by atoms with Gasteiger partial charge in [0.25, 0.3) is 11.8 Å². The summed E-state index contributed by atoms with van der Waals surface area (Å²) in [6.45, 7) is 1.62. The number of nitrogens with two attached hydrogens (primary N) is 1. The van der Waals surface area contributed by atoms with Crippen LogP contribution >= 0.6 is 0 Å². The molecule has 1 aliphatic carbocycles. The van der Waals surface area contributed by atoms with Crippen LogP contribution in [0.4, 0.5) is 0 Å². The molecule has 0 bridgehead atoms. The van der Waals surface area contributed by atoms with Gasteiger partial charge in [0.2, 0.25) is 0 Å². The first-order chi connectivity index (χ1) is 11.6. The lowest BCUT2D eigenvalue weighted by Gasteiger charge is -2.22. The van der Waals surface area contributed by atoms with E-state index in [1.807, 2.05) is 24.3 Å². The fourth-order valence-electron chi connectivity index (χ4n) is 3.18. The number of rotatable bonds is 4. The fourth-order valence-corrected chi connectivity index (χ4v) is 3.18. The summed E-state index contributed by atoms with van der Waals surface area (Å²) < 4.78 is 1.58. The SMILES string of the molecule is CC(N)C(=O)Nn1cc(C(=O)NC2CCCCC2)c2ccccc21. The zero-order valence-electron chi connectivity index (χ0n) is 13.9. The molecule has 1 heterocycles. The van der Waals surface area contributed by atoms with Gasteiger partial charge in [0.1, 0.15) is 0 Å². The molecule has 128 valence electrons. The Labute approximate surface area is 141 Å². The lowest BCUT2D eigenvalue weighted by Crippen LogP contribution is -2.37. The van der Waals surface area contributed by atoms with Gasteiger partial charge in [-0.25, -0.2) is 0 Å². The summed E-state index contributed by atoms with van der Waals surface area (Å²) in [5.41, 5.74) is 9.70. The number of fused-ring (bicyclic) bond motifs is 1. The summed E-state index contributed by atoms with van der Waals surface area (Å²) in [7, 11) is 0. The molecule has 6 heteroatoms. The van der Waals surface area contributed by atoms with Gasteiger partial charge in [-0.2, -0.15) is 0 Å². The molecule has 0 aliphatic heterocycles. The molecule has 1 saturated carbocycles. The molecule has 1 aliphatic rings. The number of amides is 2. The van der Waals surface area contributed by atoms with Gasteiger partial charge < -0.3 is 11.1 Å². The second kappa shape index (κ2) is 7.05. The average molecular weight is 328 g/mol. The monoisotopic (exact) mass is 328 g/mol. The minimum atomic E-state index is -0.620. The quantitative estimate of drug-likeness (QED) is 0.803. The van der Waals surface area contributed by atoms with Crippen molar-refractivity contribution in [3.63, 3.8) is 0 Å². The fraction of sp³-hybridized carbons (Fsp3) is 0.444. The summed E-state index contributed by atoms with van der Waals surface area (Å²) in [6.07, 6.45) is 7.31. The average Bonchev–Trinajstić information content (AvgIpc) is 2.94. The lowest BCUT2D eigenvalue weighted by atomic mass is 9.95. The van der Waals surface area contributed by atoms with E-state index in [0.717, 1.165) is 36.6 Å². The van der Waals surface area contributed by atoms with E-state index in [9.17, 15) is 9.59 Å². The predicted octanol–water partition coefficient (Wildman–Crippen LogP) is 2.12. The van der Waals surface area contributed by atoms with E-state index < -0.39 is 6.04 Å². The smallest absolute Gasteiger partial charge is 0.255 e. The molecule has 3 rings (SSSR count). The highest BCUT2D eigenvalue weighted by atomic mass is 16.2. The molecule has 2 amide bonds. The molecule has 4 N–H and O–H groups in total. The van der Waals surface area contributed by atoms with Crippen molar-refractivity contribution < 1.29 is 9.59 Å². The van der Waals surface area contributed by atoms with Gasteiger partial charge in [0.05, 0.1) is 17.1 Å². The summed E-state index contributed by atoms with van der Waals surface area (Å²) in [5, 5.41) is 3.94. The molecule has 6 nitrogen and oxygen atoms in total. The first kappa shape index (κ1) is 16.5. The van der Waals surface area contributed by atoms with Crippen molar-refractivity contribution in [2.45, 2.75) is 51.1 Å². The zero-order chi connectivity index (χ0) is 17.1. The van der Waals surface area contributed by atoms with Crippen LogP contribution in [0, 0.1) is 0 Å². The van der Waals surface area contributed by atoms with Gasteiger partial charge in [-0.1, -0.05) is 37.5 Å². The number of hydrogen-bond donors (Lipinski definition) is 3. The van der Waals surface area contributed by atoms with Crippen LogP contribution in [-0.4, -0.2) is 28.6 Å². The standard InChI is InChI=1S/C18H24N4O2/c1-12(19)17(23)21-22-11-15(14-9-5-6-10-16(14)22)18(24)20-13-7-3-2-4-8-13/h5-6,9-13H,2-4,7-8,19H2,1H3,(H,20,24)(H,21,23).